The summed E-state index contributed by atoms with van der Waals surface area (Å²) in [5.74, 6) is 2.18. The zero-order valence-electron chi connectivity index (χ0n) is 12.3. The number of aliphatic hydroxyl groups is 1. The Morgan fingerprint density at radius 3 is 2.90 bits per heavy atom. The molecule has 0 aromatic carbocycles. The van der Waals surface area contributed by atoms with Crippen molar-refractivity contribution in [2.24, 2.45) is 0 Å². The first-order chi connectivity index (χ1) is 9.72. The van der Waals surface area contributed by atoms with Crippen LogP contribution in [0.3, 0.4) is 0 Å². The largest absolute Gasteiger partial charge is 0.393 e. The lowest BCUT2D eigenvalue weighted by Crippen LogP contribution is -2.36. The molecule has 2 heterocycles. The Kier molecular flexibility index (Phi) is 4.36. The average molecular weight is 279 g/mol. The molecule has 20 heavy (non-hydrogen) atoms. The zero-order valence-corrected chi connectivity index (χ0v) is 12.3. The van der Waals surface area contributed by atoms with Crippen LogP contribution in [0.5, 0.6) is 0 Å². The van der Waals surface area contributed by atoms with Crippen molar-refractivity contribution in [3.05, 3.63) is 11.7 Å². The molecule has 1 saturated carbocycles. The number of hydrogen-bond acceptors (Lipinski definition) is 5. The first-order valence-corrected chi connectivity index (χ1v) is 7.97. The van der Waals surface area contributed by atoms with Crippen molar-refractivity contribution in [1.82, 2.24) is 15.0 Å². The minimum absolute atomic E-state index is 0.245. The standard InChI is InChI=1S/C15H25N3O2/c1-11(19)9-13-5-3-2-4-8-18(13)10-14-16-15(17-20-14)12-6-7-12/h11-13,19H,2-10H2,1H3. The fourth-order valence-corrected chi connectivity index (χ4v) is 3.12. The number of rotatable bonds is 5. The van der Waals surface area contributed by atoms with Crippen LogP contribution in [0.1, 0.15) is 69.5 Å². The molecule has 2 atom stereocenters. The highest BCUT2D eigenvalue weighted by molar-refractivity contribution is 5.03. The molecule has 0 spiro atoms. The van der Waals surface area contributed by atoms with E-state index in [0.29, 0.717) is 12.0 Å². The molecule has 1 aromatic heterocycles. The number of likely N-dealkylation sites (tertiary alicyclic amines) is 1. The Bertz CT molecular complexity index is 429. The van der Waals surface area contributed by atoms with Gasteiger partial charge in [-0.1, -0.05) is 18.0 Å². The third-order valence-corrected chi connectivity index (χ3v) is 4.38. The van der Waals surface area contributed by atoms with Crippen LogP contribution in [0.2, 0.25) is 0 Å². The van der Waals surface area contributed by atoms with Gasteiger partial charge >= 0.3 is 0 Å². The summed E-state index contributed by atoms with van der Waals surface area (Å²) in [7, 11) is 0. The van der Waals surface area contributed by atoms with E-state index in [9.17, 15) is 5.11 Å². The van der Waals surface area contributed by atoms with E-state index in [-0.39, 0.29) is 6.10 Å². The van der Waals surface area contributed by atoms with E-state index in [1.54, 1.807) is 0 Å². The summed E-state index contributed by atoms with van der Waals surface area (Å²) < 4.78 is 5.40. The second-order valence-corrected chi connectivity index (χ2v) is 6.38. The highest BCUT2D eigenvalue weighted by atomic mass is 16.5. The van der Waals surface area contributed by atoms with Gasteiger partial charge in [0.05, 0.1) is 12.6 Å². The molecule has 1 aliphatic carbocycles. The van der Waals surface area contributed by atoms with Crippen LogP contribution in [0.25, 0.3) is 0 Å². The van der Waals surface area contributed by atoms with Gasteiger partial charge in [-0.15, -0.1) is 0 Å². The van der Waals surface area contributed by atoms with E-state index in [0.717, 1.165) is 37.6 Å². The molecule has 3 rings (SSSR count). The van der Waals surface area contributed by atoms with Crippen LogP contribution in [0.4, 0.5) is 0 Å². The molecule has 112 valence electrons. The third kappa shape index (κ3) is 3.58. The quantitative estimate of drug-likeness (QED) is 0.897. The Hall–Kier alpha value is -0.940. The van der Waals surface area contributed by atoms with Crippen molar-refractivity contribution in [3.8, 4) is 0 Å². The first kappa shape index (κ1) is 14.0. The number of aliphatic hydroxyl groups excluding tert-OH is 1. The minimum Gasteiger partial charge on any atom is -0.393 e. The molecule has 0 radical (unpaired) electrons. The van der Waals surface area contributed by atoms with Crippen molar-refractivity contribution < 1.29 is 9.63 Å². The van der Waals surface area contributed by atoms with Crippen LogP contribution < -0.4 is 0 Å². The number of hydrogen-bond donors (Lipinski definition) is 1. The van der Waals surface area contributed by atoms with Crippen LogP contribution in [0.15, 0.2) is 4.52 Å². The maximum absolute atomic E-state index is 9.69. The first-order valence-electron chi connectivity index (χ1n) is 7.97. The van der Waals surface area contributed by atoms with Gasteiger partial charge in [-0.25, -0.2) is 0 Å². The van der Waals surface area contributed by atoms with Crippen LogP contribution in [-0.2, 0) is 6.54 Å². The lowest BCUT2D eigenvalue weighted by Gasteiger charge is -2.29. The lowest BCUT2D eigenvalue weighted by molar-refractivity contribution is 0.100. The molecule has 1 aromatic rings. The summed E-state index contributed by atoms with van der Waals surface area (Å²) in [6.45, 7) is 3.68. The average Bonchev–Trinajstić information content (AvgIpc) is 3.18. The van der Waals surface area contributed by atoms with Crippen LogP contribution in [0, 0.1) is 0 Å². The third-order valence-electron chi connectivity index (χ3n) is 4.38. The van der Waals surface area contributed by atoms with E-state index in [1.807, 2.05) is 6.92 Å². The molecule has 5 heteroatoms. The van der Waals surface area contributed by atoms with Crippen LogP contribution in [-0.4, -0.2) is 38.8 Å². The van der Waals surface area contributed by atoms with Gasteiger partial charge in [0.15, 0.2) is 5.82 Å². The fraction of sp³-hybridized carbons (Fsp3) is 0.867. The minimum atomic E-state index is -0.245. The monoisotopic (exact) mass is 279 g/mol. The predicted molar refractivity (Wildman–Crippen MR) is 75.2 cm³/mol. The highest BCUT2D eigenvalue weighted by Gasteiger charge is 2.30. The van der Waals surface area contributed by atoms with Gasteiger partial charge in [-0.05, 0) is 45.6 Å². The molecule has 2 fully saturated rings. The van der Waals surface area contributed by atoms with Gasteiger partial charge in [-0.3, -0.25) is 4.90 Å². The zero-order chi connectivity index (χ0) is 13.9. The van der Waals surface area contributed by atoms with Gasteiger partial charge in [0.2, 0.25) is 5.89 Å². The number of nitrogens with zero attached hydrogens (tertiary/aromatic N) is 3. The second kappa shape index (κ2) is 6.22. The molecule has 2 unspecified atom stereocenters. The molecule has 5 nitrogen and oxygen atoms in total. The Morgan fingerprint density at radius 2 is 2.15 bits per heavy atom. The number of aromatic nitrogens is 2. The van der Waals surface area contributed by atoms with E-state index in [4.69, 9.17) is 4.52 Å². The lowest BCUT2D eigenvalue weighted by atomic mass is 10.0. The maximum atomic E-state index is 9.69. The molecule has 0 amide bonds. The second-order valence-electron chi connectivity index (χ2n) is 6.38. The van der Waals surface area contributed by atoms with Gasteiger partial charge < -0.3 is 9.63 Å². The summed E-state index contributed by atoms with van der Waals surface area (Å²) in [6, 6.07) is 0.439. The topological polar surface area (TPSA) is 62.4 Å². The van der Waals surface area contributed by atoms with Crippen molar-refractivity contribution in [2.45, 2.75) is 76.5 Å². The Balaban J connectivity index is 1.64. The van der Waals surface area contributed by atoms with Crippen molar-refractivity contribution in [2.75, 3.05) is 6.54 Å². The SMILES string of the molecule is CC(O)CC1CCCCCN1Cc1nc(C2CC2)no1. The molecule has 1 N–H and O–H groups in total. The summed E-state index contributed by atoms with van der Waals surface area (Å²) in [5, 5.41) is 13.8. The molecular formula is C15H25N3O2. The van der Waals surface area contributed by atoms with Gasteiger partial charge in [-0.2, -0.15) is 4.98 Å². The molecule has 2 aliphatic rings. The van der Waals surface area contributed by atoms with Gasteiger partial charge in [0, 0.05) is 12.0 Å². The van der Waals surface area contributed by atoms with Crippen molar-refractivity contribution in [1.29, 1.82) is 0 Å². The summed E-state index contributed by atoms with van der Waals surface area (Å²) >= 11 is 0. The van der Waals surface area contributed by atoms with Gasteiger partial charge in [0.1, 0.15) is 0 Å². The predicted octanol–water partition coefficient (Wildman–Crippen LogP) is 2.46. The molecule has 0 bridgehead atoms. The molecular weight excluding hydrogens is 254 g/mol. The van der Waals surface area contributed by atoms with E-state index in [2.05, 4.69) is 15.0 Å². The van der Waals surface area contributed by atoms with Gasteiger partial charge in [0.25, 0.3) is 0 Å². The summed E-state index contributed by atoms with van der Waals surface area (Å²) in [6.07, 6.45) is 7.92. The van der Waals surface area contributed by atoms with E-state index in [1.165, 1.54) is 32.1 Å². The summed E-state index contributed by atoms with van der Waals surface area (Å²) in [5.41, 5.74) is 0. The summed E-state index contributed by atoms with van der Waals surface area (Å²) in [4.78, 5) is 6.95. The fourth-order valence-electron chi connectivity index (χ4n) is 3.12. The highest BCUT2D eigenvalue weighted by Crippen LogP contribution is 2.38. The molecule has 1 aliphatic heterocycles. The van der Waals surface area contributed by atoms with Crippen LogP contribution >= 0.6 is 0 Å². The normalized spacial score (nSPS) is 26.4. The Morgan fingerprint density at radius 1 is 1.30 bits per heavy atom. The van der Waals surface area contributed by atoms with E-state index < -0.39 is 0 Å². The molecule has 1 saturated heterocycles. The van der Waals surface area contributed by atoms with E-state index >= 15 is 0 Å². The van der Waals surface area contributed by atoms with Crippen molar-refractivity contribution in [3.63, 3.8) is 0 Å². The maximum Gasteiger partial charge on any atom is 0.240 e. The van der Waals surface area contributed by atoms with Crippen molar-refractivity contribution >= 4 is 0 Å². The smallest absolute Gasteiger partial charge is 0.240 e. The Labute approximate surface area is 120 Å².